The third-order valence-corrected chi connectivity index (χ3v) is 4.45. The second kappa shape index (κ2) is 9.26. The number of nitrogens with zero attached hydrogens (tertiary/aromatic N) is 2. The van der Waals surface area contributed by atoms with Crippen molar-refractivity contribution in [2.45, 2.75) is 6.18 Å². The van der Waals surface area contributed by atoms with Crippen LogP contribution in [0, 0.1) is 11.3 Å². The van der Waals surface area contributed by atoms with Crippen LogP contribution in [-0.2, 0) is 11.0 Å². The highest BCUT2D eigenvalue weighted by Crippen LogP contribution is 2.33. The fraction of sp³-hybridized carbons (Fsp3) is 0.136. The molecule has 0 bridgehead atoms. The van der Waals surface area contributed by atoms with Gasteiger partial charge in [-0.05, 0) is 42.5 Å². The van der Waals surface area contributed by atoms with Gasteiger partial charge in [-0.15, -0.1) is 0 Å². The Morgan fingerprint density at radius 1 is 1.16 bits per heavy atom. The number of nitriles is 1. The molecule has 3 aromatic rings. The lowest BCUT2D eigenvalue weighted by atomic mass is 10.0. The molecule has 0 aliphatic heterocycles. The number of hydrogen-bond donors (Lipinski definition) is 2. The number of anilines is 1. The summed E-state index contributed by atoms with van der Waals surface area (Å²) in [5.74, 6) is 0.134. The summed E-state index contributed by atoms with van der Waals surface area (Å²) in [6.45, 7) is 0. The van der Waals surface area contributed by atoms with Crippen molar-refractivity contribution in [3.8, 4) is 28.8 Å². The van der Waals surface area contributed by atoms with E-state index < -0.39 is 17.6 Å². The van der Waals surface area contributed by atoms with E-state index in [1.54, 1.807) is 24.3 Å². The van der Waals surface area contributed by atoms with E-state index in [0.29, 0.717) is 28.3 Å². The summed E-state index contributed by atoms with van der Waals surface area (Å²) in [4.78, 5) is 12.5. The largest absolute Gasteiger partial charge is 0.493 e. The van der Waals surface area contributed by atoms with Crippen LogP contribution in [-0.4, -0.2) is 30.3 Å². The lowest BCUT2D eigenvalue weighted by molar-refractivity contribution is -0.137. The van der Waals surface area contributed by atoms with Gasteiger partial charge in [0.05, 0.1) is 31.7 Å². The summed E-state index contributed by atoms with van der Waals surface area (Å²) in [6, 6.07) is 11.0. The van der Waals surface area contributed by atoms with Crippen molar-refractivity contribution in [1.82, 2.24) is 10.2 Å². The van der Waals surface area contributed by atoms with E-state index in [4.69, 9.17) is 9.47 Å². The zero-order chi connectivity index (χ0) is 23.3. The first kappa shape index (κ1) is 22.4. The minimum atomic E-state index is -4.56. The Labute approximate surface area is 181 Å². The number of halogens is 3. The Hall–Kier alpha value is -4.26. The second-order valence-corrected chi connectivity index (χ2v) is 6.47. The van der Waals surface area contributed by atoms with Crippen LogP contribution in [0.3, 0.4) is 0 Å². The van der Waals surface area contributed by atoms with Crippen LogP contribution >= 0.6 is 0 Å². The van der Waals surface area contributed by atoms with E-state index in [9.17, 15) is 23.2 Å². The monoisotopic (exact) mass is 442 g/mol. The Morgan fingerprint density at radius 2 is 1.91 bits per heavy atom. The van der Waals surface area contributed by atoms with Crippen molar-refractivity contribution in [3.05, 3.63) is 65.4 Å². The van der Waals surface area contributed by atoms with Crippen LogP contribution in [0.4, 0.5) is 18.9 Å². The molecule has 1 heterocycles. The lowest BCUT2D eigenvalue weighted by Crippen LogP contribution is -2.14. The number of ether oxygens (including phenoxy) is 2. The van der Waals surface area contributed by atoms with Crippen molar-refractivity contribution < 1.29 is 27.4 Å². The third kappa shape index (κ3) is 4.89. The Bertz CT molecular complexity index is 1210. The van der Waals surface area contributed by atoms with Crippen molar-refractivity contribution in [2.24, 2.45) is 0 Å². The standard InChI is InChI=1S/C22H17F3N4O3/c1-31-18-7-6-13(9-19(18)32-2)20-15(12-27-29-20)8-14(11-26)21(30)28-17-5-3-4-16(10-17)22(23,24)25/h3-10,12H,1-2H3,(H,27,29)(H,28,30)/b14-8+. The summed E-state index contributed by atoms with van der Waals surface area (Å²) in [5, 5.41) is 18.5. The summed E-state index contributed by atoms with van der Waals surface area (Å²) in [5.41, 5.74) is 0.271. The molecule has 0 atom stereocenters. The molecular weight excluding hydrogens is 425 g/mol. The first-order valence-corrected chi connectivity index (χ1v) is 9.13. The highest BCUT2D eigenvalue weighted by Gasteiger charge is 2.30. The number of carbonyl (C=O) groups excluding carboxylic acids is 1. The zero-order valence-electron chi connectivity index (χ0n) is 16.9. The van der Waals surface area contributed by atoms with Crippen molar-refractivity contribution >= 4 is 17.7 Å². The number of H-pyrrole nitrogens is 1. The van der Waals surface area contributed by atoms with E-state index in [-0.39, 0.29) is 11.3 Å². The summed E-state index contributed by atoms with van der Waals surface area (Å²) < 4.78 is 49.2. The van der Waals surface area contributed by atoms with Gasteiger partial charge in [0.25, 0.3) is 5.91 Å². The predicted molar refractivity (Wildman–Crippen MR) is 111 cm³/mol. The number of amides is 1. The van der Waals surface area contributed by atoms with Gasteiger partial charge in [-0.1, -0.05) is 6.07 Å². The Morgan fingerprint density at radius 3 is 2.56 bits per heavy atom. The molecule has 32 heavy (non-hydrogen) atoms. The van der Waals surface area contributed by atoms with E-state index in [1.165, 1.54) is 38.6 Å². The predicted octanol–water partition coefficient (Wildman–Crippen LogP) is 4.66. The molecule has 10 heteroatoms. The molecule has 0 saturated heterocycles. The molecule has 0 saturated carbocycles. The SMILES string of the molecule is COc1ccc(-c2[nH]ncc2/C=C(\C#N)C(=O)Nc2cccc(C(F)(F)F)c2)cc1OC. The Kier molecular flexibility index (Phi) is 6.49. The first-order chi connectivity index (χ1) is 15.3. The number of aromatic amines is 1. The minimum Gasteiger partial charge on any atom is -0.493 e. The zero-order valence-corrected chi connectivity index (χ0v) is 16.9. The van der Waals surface area contributed by atoms with E-state index in [0.717, 1.165) is 12.1 Å². The summed E-state index contributed by atoms with van der Waals surface area (Å²) in [6.07, 6.45) is -1.85. The molecule has 2 N–H and O–H groups in total. The van der Waals surface area contributed by atoms with Gasteiger partial charge in [-0.2, -0.15) is 23.5 Å². The minimum absolute atomic E-state index is 0.0849. The molecule has 0 spiro atoms. The number of carbonyl (C=O) groups is 1. The van der Waals surface area contributed by atoms with Crippen LogP contribution in [0.2, 0.25) is 0 Å². The van der Waals surface area contributed by atoms with Crippen LogP contribution < -0.4 is 14.8 Å². The number of benzene rings is 2. The molecule has 0 unspecified atom stereocenters. The highest BCUT2D eigenvalue weighted by molar-refractivity contribution is 6.10. The number of alkyl halides is 3. The number of methoxy groups -OCH3 is 2. The van der Waals surface area contributed by atoms with Gasteiger partial charge in [0.2, 0.25) is 0 Å². The molecular formula is C22H17F3N4O3. The molecule has 0 fully saturated rings. The van der Waals surface area contributed by atoms with Crippen molar-refractivity contribution in [1.29, 1.82) is 5.26 Å². The third-order valence-electron chi connectivity index (χ3n) is 4.45. The molecule has 1 aromatic heterocycles. The van der Waals surface area contributed by atoms with Crippen LogP contribution in [0.15, 0.2) is 54.2 Å². The summed E-state index contributed by atoms with van der Waals surface area (Å²) >= 11 is 0. The molecule has 0 radical (unpaired) electrons. The number of aromatic nitrogens is 2. The molecule has 1 amide bonds. The fourth-order valence-electron chi connectivity index (χ4n) is 2.90. The topological polar surface area (TPSA) is 100 Å². The molecule has 2 aromatic carbocycles. The van der Waals surface area contributed by atoms with E-state index >= 15 is 0 Å². The second-order valence-electron chi connectivity index (χ2n) is 6.47. The van der Waals surface area contributed by atoms with Crippen molar-refractivity contribution in [3.63, 3.8) is 0 Å². The molecule has 164 valence electrons. The maximum Gasteiger partial charge on any atom is 0.416 e. The maximum atomic E-state index is 12.9. The highest BCUT2D eigenvalue weighted by atomic mass is 19.4. The number of rotatable bonds is 6. The lowest BCUT2D eigenvalue weighted by Gasteiger charge is -2.10. The average molecular weight is 442 g/mol. The smallest absolute Gasteiger partial charge is 0.416 e. The van der Waals surface area contributed by atoms with Gasteiger partial charge in [0.1, 0.15) is 11.6 Å². The van der Waals surface area contributed by atoms with E-state index in [1.807, 2.05) is 0 Å². The van der Waals surface area contributed by atoms with Crippen LogP contribution in [0.1, 0.15) is 11.1 Å². The number of nitrogens with one attached hydrogen (secondary N) is 2. The number of hydrogen-bond acceptors (Lipinski definition) is 5. The fourth-order valence-corrected chi connectivity index (χ4v) is 2.90. The van der Waals surface area contributed by atoms with Gasteiger partial charge in [0, 0.05) is 16.8 Å². The van der Waals surface area contributed by atoms with Crippen LogP contribution in [0.5, 0.6) is 11.5 Å². The van der Waals surface area contributed by atoms with Gasteiger partial charge in [-0.25, -0.2) is 0 Å². The van der Waals surface area contributed by atoms with E-state index in [2.05, 4.69) is 15.5 Å². The van der Waals surface area contributed by atoms with Gasteiger partial charge in [-0.3, -0.25) is 9.89 Å². The molecule has 3 rings (SSSR count). The maximum absolute atomic E-state index is 12.9. The molecule has 0 aliphatic carbocycles. The van der Waals surface area contributed by atoms with Gasteiger partial charge >= 0.3 is 6.18 Å². The van der Waals surface area contributed by atoms with Gasteiger partial charge < -0.3 is 14.8 Å². The quantitative estimate of drug-likeness (QED) is 0.427. The Balaban J connectivity index is 1.89. The molecule has 0 aliphatic rings. The molecule has 7 nitrogen and oxygen atoms in total. The van der Waals surface area contributed by atoms with Crippen LogP contribution in [0.25, 0.3) is 17.3 Å². The van der Waals surface area contributed by atoms with Gasteiger partial charge in [0.15, 0.2) is 11.5 Å². The van der Waals surface area contributed by atoms with Crippen molar-refractivity contribution in [2.75, 3.05) is 19.5 Å². The average Bonchev–Trinajstić information content (AvgIpc) is 3.24. The first-order valence-electron chi connectivity index (χ1n) is 9.13. The summed E-state index contributed by atoms with van der Waals surface area (Å²) in [7, 11) is 2.99. The normalized spacial score (nSPS) is 11.6.